The fraction of sp³-hybridized carbons (Fsp3) is 0.278. The Morgan fingerprint density at radius 3 is 2.67 bits per heavy atom. The zero-order valence-corrected chi connectivity index (χ0v) is 14.2. The van der Waals surface area contributed by atoms with E-state index in [1.54, 1.807) is 12.1 Å². The number of sulfonamides is 1. The summed E-state index contributed by atoms with van der Waals surface area (Å²) < 4.78 is 23.0. The highest BCUT2D eigenvalue weighted by Crippen LogP contribution is 2.35. The smallest absolute Gasteiger partial charge is 0.238 e. The zero-order chi connectivity index (χ0) is 17.3. The van der Waals surface area contributed by atoms with Crippen LogP contribution in [0.1, 0.15) is 42.0 Å². The molecule has 0 radical (unpaired) electrons. The first kappa shape index (κ1) is 16.7. The first-order valence-corrected chi connectivity index (χ1v) is 9.45. The number of amides is 1. The Morgan fingerprint density at radius 1 is 1.25 bits per heavy atom. The van der Waals surface area contributed by atoms with Gasteiger partial charge in [0.05, 0.1) is 16.9 Å². The number of nitrogens with one attached hydrogen (secondary N) is 1. The lowest BCUT2D eigenvalue weighted by molar-refractivity contribution is -0.123. The number of benzene rings is 2. The molecule has 2 aromatic rings. The van der Waals surface area contributed by atoms with Gasteiger partial charge in [-0.3, -0.25) is 4.79 Å². The highest BCUT2D eigenvalue weighted by molar-refractivity contribution is 7.89. The molecule has 1 amide bonds. The quantitative estimate of drug-likeness (QED) is 0.872. The van der Waals surface area contributed by atoms with Gasteiger partial charge in [-0.05, 0) is 41.7 Å². The number of hydrogen-bond acceptors (Lipinski definition) is 3. The predicted octanol–water partition coefficient (Wildman–Crippen LogP) is 2.24. The van der Waals surface area contributed by atoms with E-state index in [9.17, 15) is 13.2 Å². The van der Waals surface area contributed by atoms with Gasteiger partial charge in [0.2, 0.25) is 15.9 Å². The van der Waals surface area contributed by atoms with Crippen LogP contribution in [0, 0.1) is 0 Å². The molecular weight excluding hydrogens is 324 g/mol. The molecule has 0 aliphatic heterocycles. The Kier molecular flexibility index (Phi) is 4.43. The van der Waals surface area contributed by atoms with Crippen molar-refractivity contribution in [2.45, 2.75) is 36.6 Å². The molecule has 1 aliphatic rings. The molecule has 3 rings (SSSR count). The SMILES string of the molecule is CC[C@H](NC(=O)[C@H]1Cc2ccccc21)c1cccc(S(N)(=O)=O)c1. The predicted molar refractivity (Wildman–Crippen MR) is 91.9 cm³/mol. The van der Waals surface area contributed by atoms with E-state index in [2.05, 4.69) is 5.32 Å². The first-order chi connectivity index (χ1) is 11.4. The number of carbonyl (C=O) groups is 1. The van der Waals surface area contributed by atoms with Crippen molar-refractivity contribution in [3.63, 3.8) is 0 Å². The third-order valence-electron chi connectivity index (χ3n) is 4.48. The van der Waals surface area contributed by atoms with Crippen molar-refractivity contribution in [1.82, 2.24) is 5.32 Å². The summed E-state index contributed by atoms with van der Waals surface area (Å²) in [6.45, 7) is 1.95. The van der Waals surface area contributed by atoms with E-state index >= 15 is 0 Å². The molecular formula is C18H20N2O3S. The van der Waals surface area contributed by atoms with Crippen LogP contribution < -0.4 is 10.5 Å². The molecule has 6 heteroatoms. The second kappa shape index (κ2) is 6.37. The number of nitrogens with two attached hydrogens (primary N) is 1. The van der Waals surface area contributed by atoms with Crippen molar-refractivity contribution < 1.29 is 13.2 Å². The van der Waals surface area contributed by atoms with Crippen LogP contribution >= 0.6 is 0 Å². The van der Waals surface area contributed by atoms with E-state index < -0.39 is 10.0 Å². The minimum Gasteiger partial charge on any atom is -0.349 e. The van der Waals surface area contributed by atoms with Crippen LogP contribution in [0.5, 0.6) is 0 Å². The molecule has 0 aromatic heterocycles. The van der Waals surface area contributed by atoms with Crippen LogP contribution in [0.25, 0.3) is 0 Å². The second-order valence-corrected chi connectivity index (χ2v) is 7.60. The summed E-state index contributed by atoms with van der Waals surface area (Å²) in [6.07, 6.45) is 1.41. The Labute approximate surface area is 141 Å². The Bertz CT molecular complexity index is 877. The fourth-order valence-corrected chi connectivity index (χ4v) is 3.66. The lowest BCUT2D eigenvalue weighted by Crippen LogP contribution is -2.37. The average Bonchev–Trinajstić information content (AvgIpc) is 2.53. The highest BCUT2D eigenvalue weighted by atomic mass is 32.2. The third kappa shape index (κ3) is 3.20. The van der Waals surface area contributed by atoms with E-state index in [1.807, 2.05) is 31.2 Å². The van der Waals surface area contributed by atoms with Crippen LogP contribution in [0.3, 0.4) is 0 Å². The van der Waals surface area contributed by atoms with Crippen LogP contribution in [0.4, 0.5) is 0 Å². The van der Waals surface area contributed by atoms with Crippen LogP contribution in [-0.2, 0) is 21.2 Å². The fourth-order valence-electron chi connectivity index (χ4n) is 3.09. The lowest BCUT2D eigenvalue weighted by atomic mass is 9.77. The molecule has 24 heavy (non-hydrogen) atoms. The van der Waals surface area contributed by atoms with Gasteiger partial charge >= 0.3 is 0 Å². The summed E-state index contributed by atoms with van der Waals surface area (Å²) in [5.74, 6) is -0.154. The van der Waals surface area contributed by atoms with Gasteiger partial charge in [0.1, 0.15) is 0 Å². The summed E-state index contributed by atoms with van der Waals surface area (Å²) >= 11 is 0. The number of carbonyl (C=O) groups excluding carboxylic acids is 1. The number of hydrogen-bond donors (Lipinski definition) is 2. The Balaban J connectivity index is 1.77. The van der Waals surface area contributed by atoms with Crippen molar-refractivity contribution in [2.24, 2.45) is 5.14 Å². The largest absolute Gasteiger partial charge is 0.349 e. The summed E-state index contributed by atoms with van der Waals surface area (Å²) in [7, 11) is -3.76. The van der Waals surface area contributed by atoms with E-state index in [1.165, 1.54) is 17.7 Å². The minimum atomic E-state index is -3.76. The van der Waals surface area contributed by atoms with Crippen molar-refractivity contribution in [3.8, 4) is 0 Å². The average molecular weight is 344 g/mol. The molecule has 5 nitrogen and oxygen atoms in total. The van der Waals surface area contributed by atoms with Crippen molar-refractivity contribution in [3.05, 3.63) is 65.2 Å². The molecule has 2 atom stereocenters. The second-order valence-electron chi connectivity index (χ2n) is 6.04. The molecule has 0 fully saturated rings. The maximum Gasteiger partial charge on any atom is 0.238 e. The van der Waals surface area contributed by atoms with Gasteiger partial charge in [0, 0.05) is 0 Å². The van der Waals surface area contributed by atoms with Gasteiger partial charge in [-0.15, -0.1) is 0 Å². The topological polar surface area (TPSA) is 89.3 Å². The monoisotopic (exact) mass is 344 g/mol. The molecule has 0 heterocycles. The molecule has 3 N–H and O–H groups in total. The normalized spacial score (nSPS) is 17.5. The summed E-state index contributed by atoms with van der Waals surface area (Å²) in [6, 6.07) is 14.1. The molecule has 0 unspecified atom stereocenters. The molecule has 0 saturated heterocycles. The van der Waals surface area contributed by atoms with Crippen LogP contribution in [0.2, 0.25) is 0 Å². The molecule has 1 aliphatic carbocycles. The molecule has 0 bridgehead atoms. The standard InChI is InChI=1S/C18H20N2O3S/c1-2-17(13-7-5-8-14(10-13)24(19,22)23)20-18(21)16-11-12-6-3-4-9-15(12)16/h3-10,16-17H,2,11H2,1H3,(H,20,21)(H2,19,22,23)/t16-,17-/m0/s1. The van der Waals surface area contributed by atoms with Gasteiger partial charge in [-0.2, -0.15) is 0 Å². The first-order valence-electron chi connectivity index (χ1n) is 7.91. The van der Waals surface area contributed by atoms with E-state index in [0.717, 1.165) is 17.5 Å². The van der Waals surface area contributed by atoms with Gasteiger partial charge in [0.15, 0.2) is 0 Å². The van der Waals surface area contributed by atoms with E-state index in [4.69, 9.17) is 5.14 Å². The van der Waals surface area contributed by atoms with Gasteiger partial charge < -0.3 is 5.32 Å². The number of rotatable bonds is 5. The highest BCUT2D eigenvalue weighted by Gasteiger charge is 2.32. The molecule has 0 saturated carbocycles. The Morgan fingerprint density at radius 2 is 2.00 bits per heavy atom. The van der Waals surface area contributed by atoms with Crippen LogP contribution in [-0.4, -0.2) is 14.3 Å². The zero-order valence-electron chi connectivity index (χ0n) is 13.4. The van der Waals surface area contributed by atoms with Crippen molar-refractivity contribution >= 4 is 15.9 Å². The van der Waals surface area contributed by atoms with Crippen molar-refractivity contribution in [2.75, 3.05) is 0 Å². The minimum absolute atomic E-state index is 0.0263. The van der Waals surface area contributed by atoms with Crippen LogP contribution in [0.15, 0.2) is 53.4 Å². The Hall–Kier alpha value is -2.18. The summed E-state index contributed by atoms with van der Waals surface area (Å²) in [5.41, 5.74) is 3.02. The third-order valence-corrected chi connectivity index (χ3v) is 5.40. The molecule has 0 spiro atoms. The van der Waals surface area contributed by atoms with Gasteiger partial charge in [0.25, 0.3) is 0 Å². The van der Waals surface area contributed by atoms with Crippen molar-refractivity contribution in [1.29, 1.82) is 0 Å². The number of fused-ring (bicyclic) bond motifs is 1. The maximum atomic E-state index is 12.6. The van der Waals surface area contributed by atoms with E-state index in [-0.39, 0.29) is 22.8 Å². The number of primary sulfonamides is 1. The molecule has 126 valence electrons. The van der Waals surface area contributed by atoms with Gasteiger partial charge in [-0.25, -0.2) is 13.6 Å². The van der Waals surface area contributed by atoms with Gasteiger partial charge in [-0.1, -0.05) is 43.3 Å². The van der Waals surface area contributed by atoms with E-state index in [0.29, 0.717) is 6.42 Å². The lowest BCUT2D eigenvalue weighted by Gasteiger charge is -2.30. The summed E-state index contributed by atoms with van der Waals surface area (Å²) in [4.78, 5) is 12.6. The maximum absolute atomic E-state index is 12.6. The summed E-state index contributed by atoms with van der Waals surface area (Å²) in [5, 5.41) is 8.22. The molecule has 2 aromatic carbocycles.